The quantitative estimate of drug-likeness (QED) is 0.653. The Hall–Kier alpha value is -2.21. The van der Waals surface area contributed by atoms with Crippen molar-refractivity contribution < 1.29 is 4.39 Å². The molecular formula is C15H20FN5. The molecule has 0 fully saturated rings. The average molecular weight is 289 g/mol. The molecule has 1 heterocycles. The van der Waals surface area contributed by atoms with Gasteiger partial charge in [-0.05, 0) is 31.2 Å². The van der Waals surface area contributed by atoms with Crippen LogP contribution in [0.4, 0.5) is 21.7 Å². The fourth-order valence-electron chi connectivity index (χ4n) is 2.02. The monoisotopic (exact) mass is 289 g/mol. The number of halogens is 1. The maximum Gasteiger partial charge on any atom is 0.145 e. The summed E-state index contributed by atoms with van der Waals surface area (Å²) in [5.41, 5.74) is 3.44. The van der Waals surface area contributed by atoms with Crippen LogP contribution in [0, 0.1) is 5.82 Å². The van der Waals surface area contributed by atoms with Crippen LogP contribution in [0.1, 0.15) is 32.5 Å². The zero-order valence-corrected chi connectivity index (χ0v) is 12.5. The molecule has 0 saturated heterocycles. The largest absolute Gasteiger partial charge is 0.326 e. The minimum atomic E-state index is -0.260. The third kappa shape index (κ3) is 3.46. The van der Waals surface area contributed by atoms with E-state index in [-0.39, 0.29) is 11.7 Å². The van der Waals surface area contributed by atoms with E-state index < -0.39 is 0 Å². The molecule has 0 radical (unpaired) electrons. The number of benzene rings is 1. The van der Waals surface area contributed by atoms with Crippen LogP contribution < -0.4 is 16.2 Å². The van der Waals surface area contributed by atoms with Gasteiger partial charge < -0.3 is 10.3 Å². The molecular weight excluding hydrogens is 269 g/mol. The zero-order valence-electron chi connectivity index (χ0n) is 12.5. The summed E-state index contributed by atoms with van der Waals surface area (Å²) in [5.74, 6) is 7.41. The highest BCUT2D eigenvalue weighted by molar-refractivity contribution is 5.62. The van der Waals surface area contributed by atoms with Gasteiger partial charge in [0.25, 0.3) is 0 Å². The van der Waals surface area contributed by atoms with Gasteiger partial charge in [-0.2, -0.15) is 0 Å². The van der Waals surface area contributed by atoms with Gasteiger partial charge in [-0.15, -0.1) is 0 Å². The van der Waals surface area contributed by atoms with Crippen LogP contribution >= 0.6 is 0 Å². The molecule has 2 aromatic rings. The summed E-state index contributed by atoms with van der Waals surface area (Å²) in [6.07, 6.45) is 0. The second kappa shape index (κ2) is 6.49. The number of nitrogen functional groups attached to an aromatic ring is 1. The van der Waals surface area contributed by atoms with Gasteiger partial charge >= 0.3 is 0 Å². The fourth-order valence-corrected chi connectivity index (χ4v) is 2.02. The summed E-state index contributed by atoms with van der Waals surface area (Å²) in [5, 5.41) is 0. The summed E-state index contributed by atoms with van der Waals surface area (Å²) >= 11 is 0. The molecule has 3 N–H and O–H groups in total. The molecule has 1 aromatic carbocycles. The molecule has 0 bridgehead atoms. The fraction of sp³-hybridized carbons (Fsp3) is 0.333. The van der Waals surface area contributed by atoms with Gasteiger partial charge in [0.1, 0.15) is 23.3 Å². The maximum absolute atomic E-state index is 13.1. The predicted molar refractivity (Wildman–Crippen MR) is 83.0 cm³/mol. The summed E-state index contributed by atoms with van der Waals surface area (Å²) in [4.78, 5) is 10.9. The van der Waals surface area contributed by atoms with E-state index in [1.807, 2.05) is 25.7 Å². The highest BCUT2D eigenvalue weighted by Gasteiger charge is 2.14. The number of nitrogens with two attached hydrogens (primary N) is 1. The van der Waals surface area contributed by atoms with Crippen LogP contribution in [-0.4, -0.2) is 16.5 Å². The Morgan fingerprint density at radius 2 is 1.90 bits per heavy atom. The Bertz CT molecular complexity index is 598. The van der Waals surface area contributed by atoms with Crippen molar-refractivity contribution in [3.8, 4) is 0 Å². The van der Waals surface area contributed by atoms with Gasteiger partial charge in [0.05, 0.1) is 0 Å². The molecule has 0 amide bonds. The van der Waals surface area contributed by atoms with Crippen molar-refractivity contribution in [1.29, 1.82) is 0 Å². The maximum atomic E-state index is 13.1. The van der Waals surface area contributed by atoms with Crippen molar-refractivity contribution in [1.82, 2.24) is 9.97 Å². The first-order chi connectivity index (χ1) is 10.0. The van der Waals surface area contributed by atoms with Crippen molar-refractivity contribution in [2.45, 2.75) is 26.7 Å². The second-order valence-electron chi connectivity index (χ2n) is 4.99. The predicted octanol–water partition coefficient (Wildman–Crippen LogP) is 3.18. The summed E-state index contributed by atoms with van der Waals surface area (Å²) in [6, 6.07) is 8.10. The van der Waals surface area contributed by atoms with Gasteiger partial charge in [-0.3, -0.25) is 0 Å². The number of nitrogens with one attached hydrogen (secondary N) is 1. The first-order valence-corrected chi connectivity index (χ1v) is 6.93. The lowest BCUT2D eigenvalue weighted by Gasteiger charge is -2.23. The second-order valence-corrected chi connectivity index (χ2v) is 4.99. The zero-order chi connectivity index (χ0) is 15.4. The SMILES string of the molecule is CCN(c1ccc(F)cc1)c1cc(NN)nc(C(C)C)n1. The highest BCUT2D eigenvalue weighted by Crippen LogP contribution is 2.26. The Kier molecular flexibility index (Phi) is 4.70. The lowest BCUT2D eigenvalue weighted by atomic mass is 10.2. The standard InChI is InChI=1S/C15H20FN5/c1-4-21(12-7-5-11(16)6-8-12)14-9-13(20-17)18-15(19-14)10(2)3/h5-10H,4,17H2,1-3H3,(H,18,19,20). The molecule has 112 valence electrons. The Balaban J connectivity index is 2.46. The van der Waals surface area contributed by atoms with Crippen molar-refractivity contribution >= 4 is 17.3 Å². The van der Waals surface area contributed by atoms with E-state index >= 15 is 0 Å². The van der Waals surface area contributed by atoms with E-state index in [0.29, 0.717) is 18.2 Å². The number of hydrogen-bond acceptors (Lipinski definition) is 5. The molecule has 0 aliphatic rings. The van der Waals surface area contributed by atoms with E-state index in [1.165, 1.54) is 12.1 Å². The number of hydrazine groups is 1. The molecule has 1 aromatic heterocycles. The van der Waals surface area contributed by atoms with E-state index in [9.17, 15) is 4.39 Å². The van der Waals surface area contributed by atoms with Crippen LogP contribution in [0.15, 0.2) is 30.3 Å². The number of nitrogens with zero attached hydrogens (tertiary/aromatic N) is 3. The van der Waals surface area contributed by atoms with Crippen molar-refractivity contribution in [3.63, 3.8) is 0 Å². The highest BCUT2D eigenvalue weighted by atomic mass is 19.1. The van der Waals surface area contributed by atoms with Gasteiger partial charge in [0.15, 0.2) is 0 Å². The lowest BCUT2D eigenvalue weighted by molar-refractivity contribution is 0.627. The average Bonchev–Trinajstić information content (AvgIpc) is 2.49. The molecule has 2 rings (SSSR count). The van der Waals surface area contributed by atoms with Crippen LogP contribution in [0.3, 0.4) is 0 Å². The van der Waals surface area contributed by atoms with Crippen molar-refractivity contribution in [2.75, 3.05) is 16.9 Å². The lowest BCUT2D eigenvalue weighted by Crippen LogP contribution is -2.20. The van der Waals surface area contributed by atoms with Crippen LogP contribution in [-0.2, 0) is 0 Å². The number of anilines is 3. The molecule has 5 nitrogen and oxygen atoms in total. The minimum absolute atomic E-state index is 0.184. The van der Waals surface area contributed by atoms with Gasteiger partial charge in [0.2, 0.25) is 0 Å². The summed E-state index contributed by atoms with van der Waals surface area (Å²) in [7, 11) is 0. The summed E-state index contributed by atoms with van der Waals surface area (Å²) < 4.78 is 13.1. The molecule has 0 unspecified atom stereocenters. The molecule has 0 aliphatic heterocycles. The molecule has 0 saturated carbocycles. The van der Waals surface area contributed by atoms with Crippen molar-refractivity contribution in [2.24, 2.45) is 5.84 Å². The van der Waals surface area contributed by atoms with Crippen LogP contribution in [0.25, 0.3) is 0 Å². The third-order valence-corrected chi connectivity index (χ3v) is 3.13. The number of hydrogen-bond donors (Lipinski definition) is 2. The van der Waals surface area contributed by atoms with E-state index in [4.69, 9.17) is 5.84 Å². The molecule has 0 spiro atoms. The van der Waals surface area contributed by atoms with Gasteiger partial charge in [-0.1, -0.05) is 13.8 Å². The van der Waals surface area contributed by atoms with Crippen LogP contribution in [0.2, 0.25) is 0 Å². The van der Waals surface area contributed by atoms with Gasteiger partial charge in [-0.25, -0.2) is 20.2 Å². The summed E-state index contributed by atoms with van der Waals surface area (Å²) in [6.45, 7) is 6.75. The van der Waals surface area contributed by atoms with Gasteiger partial charge in [0, 0.05) is 24.2 Å². The Labute approximate surface area is 124 Å². The van der Waals surface area contributed by atoms with E-state index in [2.05, 4.69) is 15.4 Å². The number of aromatic nitrogens is 2. The first kappa shape index (κ1) is 15.2. The minimum Gasteiger partial charge on any atom is -0.326 e. The third-order valence-electron chi connectivity index (χ3n) is 3.13. The molecule has 0 atom stereocenters. The van der Waals surface area contributed by atoms with E-state index in [0.717, 1.165) is 11.5 Å². The molecule has 21 heavy (non-hydrogen) atoms. The smallest absolute Gasteiger partial charge is 0.145 e. The topological polar surface area (TPSA) is 67.1 Å². The Morgan fingerprint density at radius 3 is 2.43 bits per heavy atom. The van der Waals surface area contributed by atoms with Crippen molar-refractivity contribution in [3.05, 3.63) is 42.0 Å². The van der Waals surface area contributed by atoms with E-state index in [1.54, 1.807) is 18.2 Å². The molecule has 0 aliphatic carbocycles. The first-order valence-electron chi connectivity index (χ1n) is 6.93. The van der Waals surface area contributed by atoms with Crippen LogP contribution in [0.5, 0.6) is 0 Å². The molecule has 6 heteroatoms. The number of rotatable bonds is 5. The Morgan fingerprint density at radius 1 is 1.24 bits per heavy atom. The normalized spacial score (nSPS) is 10.8.